The van der Waals surface area contributed by atoms with Crippen molar-refractivity contribution in [3.05, 3.63) is 47.7 Å². The molecule has 0 fully saturated rings. The van der Waals surface area contributed by atoms with Crippen LogP contribution in [0.3, 0.4) is 0 Å². The van der Waals surface area contributed by atoms with Crippen molar-refractivity contribution in [1.82, 2.24) is 9.88 Å². The number of carbonyl (C=O) groups is 2. The maximum absolute atomic E-state index is 11.9. The lowest BCUT2D eigenvalue weighted by Crippen LogP contribution is -2.28. The molecule has 0 aliphatic rings. The Hall–Kier alpha value is -3.41. The quantitative estimate of drug-likeness (QED) is 0.421. The van der Waals surface area contributed by atoms with Crippen molar-refractivity contribution in [2.75, 3.05) is 45.8 Å². The lowest BCUT2D eigenvalue weighted by atomic mass is 10.1. The molecule has 0 aliphatic heterocycles. The molecule has 30 heavy (non-hydrogen) atoms. The number of aromatic nitrogens is 1. The van der Waals surface area contributed by atoms with E-state index in [4.69, 9.17) is 15.6 Å². The van der Waals surface area contributed by atoms with E-state index in [-0.39, 0.29) is 31.2 Å². The van der Waals surface area contributed by atoms with E-state index in [9.17, 15) is 9.59 Å². The number of ether oxygens (including phenoxy) is 1. The topological polar surface area (TPSA) is 118 Å². The van der Waals surface area contributed by atoms with Gasteiger partial charge in [-0.1, -0.05) is 24.0 Å². The van der Waals surface area contributed by atoms with Crippen LogP contribution in [0.25, 0.3) is 11.3 Å². The van der Waals surface area contributed by atoms with Gasteiger partial charge in [0, 0.05) is 38.4 Å². The van der Waals surface area contributed by atoms with Gasteiger partial charge in [0.25, 0.3) is 5.91 Å². The molecule has 2 rings (SSSR count). The van der Waals surface area contributed by atoms with Crippen molar-refractivity contribution in [3.8, 4) is 23.1 Å². The van der Waals surface area contributed by atoms with Crippen molar-refractivity contribution < 1.29 is 19.4 Å². The molecule has 0 radical (unpaired) electrons. The standard InChI is InChI=1S/C22H26N4O4/c1-26(12-13-27)20(28)8-4-6-16-5-3-7-17(15-16)18-9-10-19(24-11-14-30-2)21(25-18)22(23)29/h3,5,7,9-10,15,24,27H,8,11-14H2,1-2H3,(H2,23,29). The SMILES string of the molecule is COCCNc1ccc(-c2cccc(C#CCC(=O)N(C)CCO)c2)nc1C(N)=O. The molecule has 1 aromatic heterocycles. The first kappa shape index (κ1) is 22.9. The first-order chi connectivity index (χ1) is 14.5. The largest absolute Gasteiger partial charge is 0.395 e. The van der Waals surface area contributed by atoms with Crippen molar-refractivity contribution in [2.45, 2.75) is 6.42 Å². The van der Waals surface area contributed by atoms with Gasteiger partial charge < -0.3 is 25.8 Å². The number of nitrogens with zero attached hydrogens (tertiary/aromatic N) is 2. The van der Waals surface area contributed by atoms with Crippen LogP contribution in [0.1, 0.15) is 22.5 Å². The van der Waals surface area contributed by atoms with Crippen LogP contribution in [-0.4, -0.2) is 67.3 Å². The third-order valence-corrected chi connectivity index (χ3v) is 4.24. The molecular weight excluding hydrogens is 384 g/mol. The highest BCUT2D eigenvalue weighted by Gasteiger charge is 2.12. The number of anilines is 1. The first-order valence-electron chi connectivity index (χ1n) is 9.44. The number of nitrogens with two attached hydrogens (primary N) is 1. The van der Waals surface area contributed by atoms with Gasteiger partial charge in [-0.2, -0.15) is 0 Å². The molecule has 8 nitrogen and oxygen atoms in total. The minimum absolute atomic E-state index is 0.0621. The molecular formula is C22H26N4O4. The Morgan fingerprint density at radius 3 is 2.80 bits per heavy atom. The van der Waals surface area contributed by atoms with Crippen LogP contribution < -0.4 is 11.1 Å². The summed E-state index contributed by atoms with van der Waals surface area (Å²) in [7, 11) is 3.22. The second-order valence-corrected chi connectivity index (χ2v) is 6.47. The molecule has 2 aromatic rings. The van der Waals surface area contributed by atoms with E-state index in [2.05, 4.69) is 22.1 Å². The number of rotatable bonds is 9. The van der Waals surface area contributed by atoms with Crippen molar-refractivity contribution >= 4 is 17.5 Å². The minimum atomic E-state index is -0.627. The van der Waals surface area contributed by atoms with E-state index in [0.717, 1.165) is 11.1 Å². The number of nitrogens with one attached hydrogen (secondary N) is 1. The predicted octanol–water partition coefficient (Wildman–Crippen LogP) is 1.10. The molecule has 0 saturated heterocycles. The highest BCUT2D eigenvalue weighted by molar-refractivity contribution is 5.97. The van der Waals surface area contributed by atoms with Gasteiger partial charge >= 0.3 is 0 Å². The fourth-order valence-corrected chi connectivity index (χ4v) is 2.63. The Kier molecular flexibility index (Phi) is 8.81. The number of hydrogen-bond acceptors (Lipinski definition) is 6. The van der Waals surface area contributed by atoms with Gasteiger partial charge in [-0.3, -0.25) is 9.59 Å². The van der Waals surface area contributed by atoms with Gasteiger partial charge in [-0.15, -0.1) is 0 Å². The Morgan fingerprint density at radius 2 is 2.10 bits per heavy atom. The molecule has 0 unspecified atom stereocenters. The summed E-state index contributed by atoms with van der Waals surface area (Å²) < 4.78 is 5.00. The monoisotopic (exact) mass is 410 g/mol. The zero-order valence-corrected chi connectivity index (χ0v) is 17.1. The van der Waals surface area contributed by atoms with Gasteiger partial charge in [-0.05, 0) is 24.3 Å². The van der Waals surface area contributed by atoms with Crippen LogP contribution in [-0.2, 0) is 9.53 Å². The van der Waals surface area contributed by atoms with E-state index in [1.54, 1.807) is 26.3 Å². The van der Waals surface area contributed by atoms with Crippen LogP contribution in [0.5, 0.6) is 0 Å². The molecule has 0 aliphatic carbocycles. The Bertz CT molecular complexity index is 950. The number of methoxy groups -OCH3 is 1. The van der Waals surface area contributed by atoms with E-state index >= 15 is 0 Å². The Morgan fingerprint density at radius 1 is 1.30 bits per heavy atom. The number of pyridine rings is 1. The summed E-state index contributed by atoms with van der Waals surface area (Å²) in [6.45, 7) is 1.20. The summed E-state index contributed by atoms with van der Waals surface area (Å²) in [6, 6.07) is 10.9. The zero-order chi connectivity index (χ0) is 21.9. The fraction of sp³-hybridized carbons (Fsp3) is 0.318. The van der Waals surface area contributed by atoms with E-state index < -0.39 is 5.91 Å². The number of aliphatic hydroxyl groups excluding tert-OH is 1. The second kappa shape index (κ2) is 11.6. The van der Waals surface area contributed by atoms with Gasteiger partial charge in [0.1, 0.15) is 0 Å². The summed E-state index contributed by atoms with van der Waals surface area (Å²) in [4.78, 5) is 29.5. The van der Waals surface area contributed by atoms with Crippen LogP contribution in [0.15, 0.2) is 36.4 Å². The van der Waals surface area contributed by atoms with E-state index in [1.807, 2.05) is 24.3 Å². The molecule has 4 N–H and O–H groups in total. The smallest absolute Gasteiger partial charge is 0.269 e. The van der Waals surface area contributed by atoms with Gasteiger partial charge in [0.2, 0.25) is 5.91 Å². The molecule has 1 aromatic carbocycles. The molecule has 158 valence electrons. The first-order valence-corrected chi connectivity index (χ1v) is 9.44. The summed E-state index contributed by atoms with van der Waals surface area (Å²) in [5, 5.41) is 12.0. The fourth-order valence-electron chi connectivity index (χ4n) is 2.63. The zero-order valence-electron chi connectivity index (χ0n) is 17.1. The summed E-state index contributed by atoms with van der Waals surface area (Å²) >= 11 is 0. The summed E-state index contributed by atoms with van der Waals surface area (Å²) in [5.74, 6) is 5.03. The maximum Gasteiger partial charge on any atom is 0.269 e. The highest BCUT2D eigenvalue weighted by atomic mass is 16.5. The summed E-state index contributed by atoms with van der Waals surface area (Å²) in [6.07, 6.45) is 0.0621. The van der Waals surface area contributed by atoms with Crippen LogP contribution >= 0.6 is 0 Å². The Labute approximate surface area is 176 Å². The van der Waals surface area contributed by atoms with E-state index in [1.165, 1.54) is 4.90 Å². The molecule has 0 spiro atoms. The Balaban J connectivity index is 2.19. The van der Waals surface area contributed by atoms with Crippen molar-refractivity contribution in [2.24, 2.45) is 5.73 Å². The highest BCUT2D eigenvalue weighted by Crippen LogP contribution is 2.22. The summed E-state index contributed by atoms with van der Waals surface area (Å²) in [5.41, 5.74) is 8.26. The maximum atomic E-state index is 11.9. The lowest BCUT2D eigenvalue weighted by molar-refractivity contribution is -0.129. The number of carbonyl (C=O) groups excluding carboxylic acids is 2. The van der Waals surface area contributed by atoms with Crippen LogP contribution in [0.4, 0.5) is 5.69 Å². The molecule has 0 saturated carbocycles. The number of aliphatic hydroxyl groups is 1. The molecule has 8 heteroatoms. The number of primary amides is 1. The molecule has 2 amide bonds. The average Bonchev–Trinajstić information content (AvgIpc) is 2.74. The number of benzene rings is 1. The molecule has 0 atom stereocenters. The number of likely N-dealkylation sites (N-methyl/N-ethyl adjacent to an activating group) is 1. The molecule has 1 heterocycles. The van der Waals surface area contributed by atoms with Crippen LogP contribution in [0.2, 0.25) is 0 Å². The third-order valence-electron chi connectivity index (χ3n) is 4.24. The average molecular weight is 410 g/mol. The normalized spacial score (nSPS) is 10.1. The predicted molar refractivity (Wildman–Crippen MR) is 115 cm³/mol. The molecule has 0 bridgehead atoms. The lowest BCUT2D eigenvalue weighted by Gasteiger charge is -2.13. The third kappa shape index (κ3) is 6.58. The van der Waals surface area contributed by atoms with Gasteiger partial charge in [0.05, 0.1) is 31.0 Å². The number of amides is 2. The van der Waals surface area contributed by atoms with Gasteiger partial charge in [-0.25, -0.2) is 4.98 Å². The van der Waals surface area contributed by atoms with Crippen molar-refractivity contribution in [1.29, 1.82) is 0 Å². The van der Waals surface area contributed by atoms with Crippen molar-refractivity contribution in [3.63, 3.8) is 0 Å². The van der Waals surface area contributed by atoms with Crippen LogP contribution in [0, 0.1) is 11.8 Å². The van der Waals surface area contributed by atoms with Gasteiger partial charge in [0.15, 0.2) is 5.69 Å². The second-order valence-electron chi connectivity index (χ2n) is 6.47. The number of hydrogen-bond donors (Lipinski definition) is 3. The minimum Gasteiger partial charge on any atom is -0.395 e. The van der Waals surface area contributed by atoms with E-state index in [0.29, 0.717) is 24.5 Å².